The Hall–Kier alpha value is -2.19. The fourth-order valence-electron chi connectivity index (χ4n) is 6.71. The number of esters is 2. The van der Waals surface area contributed by atoms with Gasteiger partial charge in [0.1, 0.15) is 43.2 Å². The second-order valence-corrected chi connectivity index (χ2v) is 17.4. The molecule has 6 N–H and O–H groups in total. The molecule has 1 aliphatic carbocycles. The van der Waals surface area contributed by atoms with Gasteiger partial charge in [-0.05, 0) is 57.8 Å². The normalized spacial score (nSPS) is 24.4. The zero-order valence-electron chi connectivity index (χ0n) is 42.7. The van der Waals surface area contributed by atoms with Crippen molar-refractivity contribution in [3.63, 3.8) is 0 Å². The highest BCUT2D eigenvalue weighted by Gasteiger charge is 2.51. The van der Waals surface area contributed by atoms with Crippen LogP contribution in [0.5, 0.6) is 0 Å². The average Bonchev–Trinajstić information content (AvgIpc) is 3.26. The van der Waals surface area contributed by atoms with Gasteiger partial charge in [-0.25, -0.2) is 4.57 Å². The summed E-state index contributed by atoms with van der Waals surface area (Å²) in [6.45, 7) is -3.61. The van der Waals surface area contributed by atoms with Gasteiger partial charge in [-0.3, -0.25) is 18.6 Å². The van der Waals surface area contributed by atoms with E-state index >= 15 is 0 Å². The molecule has 0 aromatic rings. The number of unbranched alkanes of at least 4 members (excludes halogenated alkanes) is 19. The Kier molecular flexibility index (Phi) is 30.3. The molecule has 8 atom stereocenters. The maximum absolute atomic E-state index is 13.1. The van der Waals surface area contributed by atoms with E-state index in [2.05, 4.69) is 59.4 Å². The molecule has 360 valence electrons. The highest BCUT2D eigenvalue weighted by atomic mass is 31.2. The number of aliphatic hydroxyl groups is 5. The molecule has 0 saturated heterocycles. The summed E-state index contributed by atoms with van der Waals surface area (Å²) in [5.41, 5.74) is 0. The van der Waals surface area contributed by atoms with Crippen molar-refractivity contribution in [2.75, 3.05) is 13.1 Å². The Morgan fingerprint density at radius 3 is 1.40 bits per heavy atom. The molecule has 1 saturated carbocycles. The van der Waals surface area contributed by atoms with E-state index in [1.165, 1.54) is 64.2 Å². The summed E-state index contributed by atoms with van der Waals surface area (Å²) in [6.07, 6.45) is 22.6. The summed E-state index contributed by atoms with van der Waals surface area (Å²) in [5, 5.41) is 50.5. The summed E-state index contributed by atoms with van der Waals surface area (Å²) >= 11 is 0. The summed E-state index contributed by atoms with van der Waals surface area (Å²) in [5.74, 6) is -2.53. The maximum Gasteiger partial charge on any atom is 0.472 e. The number of ether oxygens (including phenoxy) is 2. The lowest BCUT2D eigenvalue weighted by Crippen LogP contribution is -2.64. The number of hydrogen-bond acceptors (Lipinski definition) is 12. The lowest BCUT2D eigenvalue weighted by Gasteiger charge is -2.41. The van der Waals surface area contributed by atoms with Crippen molar-refractivity contribution < 1.29 is 70.0 Å². The Balaban J connectivity index is 2.82. The molecule has 1 rings (SSSR count). The van der Waals surface area contributed by atoms with Crippen LogP contribution in [0.2, 0.25) is 0 Å². The van der Waals surface area contributed by atoms with Crippen molar-refractivity contribution >= 4 is 19.8 Å². The molecule has 14 heteroatoms. The number of hydrogen-bond donors (Lipinski definition) is 6. The van der Waals surface area contributed by atoms with Gasteiger partial charge in [-0.15, -0.1) is 0 Å². The van der Waals surface area contributed by atoms with Crippen molar-refractivity contribution in [1.29, 1.82) is 0 Å². The van der Waals surface area contributed by atoms with E-state index in [1.54, 1.807) is 0 Å². The van der Waals surface area contributed by atoms with Crippen LogP contribution in [0, 0.1) is 0 Å². The number of carbonyl (C=O) groups excluding carboxylic acids is 2. The fourth-order valence-corrected chi connectivity index (χ4v) is 7.51. The van der Waals surface area contributed by atoms with Crippen LogP contribution in [0.15, 0.2) is 48.6 Å². The molecule has 0 amide bonds. The number of carbonyl (C=O) groups is 2. The van der Waals surface area contributed by atoms with E-state index in [9.17, 15) is 44.6 Å². The molecule has 0 aromatic heterocycles. The Morgan fingerprint density at radius 2 is 0.919 bits per heavy atom. The number of phosphoric ester groups is 1. The van der Waals surface area contributed by atoms with Crippen molar-refractivity contribution in [2.24, 2.45) is 0 Å². The standard InChI is InChI=1S/C48H85O13P/c1-3-5-7-9-11-13-15-17-19-20-21-22-23-25-27-29-31-33-35-37-42(50)60-40(39-59-62(56,57)61-48-46(54)44(52)43(51)45(53)47(48)55)38-58-41(49)36-34-32-30-28-26-24-18-16-14-12-10-8-6-4-2/h11,13,17,19,21-22,25,27,40,43-48,51-55H,3-10,12,14-16,18,20,23-24,26,28-39H2,1-2H3,(H,56,57)/b13-11-,19-17-,22-21-,27-25-/t40-,43?,44-,45+,46-,47-,48?/m1/s1/i38D2,39D2,40D. The number of aliphatic hydroxyl groups excluding tert-OH is 5. The maximum atomic E-state index is 13.1. The molecule has 0 heterocycles. The lowest BCUT2D eigenvalue weighted by atomic mass is 9.85. The molecule has 0 aromatic carbocycles. The SMILES string of the molecule is [2H]C([2H])(OC(=O)CCCCCCCCCCCCCCCC)[C@@]([2H])(OC(=O)CCCCC/C=C\C/C=C\C/C=C\C/C=C\CCCCC)C([2H])([2H])OP(=O)(O)OC1[C@H](O)[C@H](O)C(O)[C@H](O)[C@H]1O. The first-order valence-corrected chi connectivity index (χ1v) is 24.9. The van der Waals surface area contributed by atoms with Gasteiger partial charge < -0.3 is 39.9 Å². The van der Waals surface area contributed by atoms with E-state index in [4.69, 9.17) is 16.3 Å². The van der Waals surface area contributed by atoms with E-state index in [0.717, 1.165) is 57.8 Å². The quantitative estimate of drug-likeness (QED) is 0.0147. The topological polar surface area (TPSA) is 210 Å². The van der Waals surface area contributed by atoms with Crippen LogP contribution in [0.1, 0.15) is 194 Å². The molecular weight excluding hydrogens is 815 g/mol. The van der Waals surface area contributed by atoms with Gasteiger partial charge in [0.15, 0.2) is 6.08 Å². The van der Waals surface area contributed by atoms with E-state index in [-0.39, 0.29) is 19.3 Å². The summed E-state index contributed by atoms with van der Waals surface area (Å²) < 4.78 is 75.0. The highest BCUT2D eigenvalue weighted by Crippen LogP contribution is 2.47. The van der Waals surface area contributed by atoms with E-state index in [1.807, 2.05) is 12.2 Å². The number of rotatable bonds is 39. The summed E-state index contributed by atoms with van der Waals surface area (Å²) in [4.78, 5) is 36.5. The van der Waals surface area contributed by atoms with Crippen LogP contribution >= 0.6 is 7.82 Å². The first kappa shape index (κ1) is 49.2. The minimum atomic E-state index is -6.01. The van der Waals surface area contributed by atoms with Gasteiger partial charge >= 0.3 is 19.8 Å². The van der Waals surface area contributed by atoms with Crippen LogP contribution in [0.3, 0.4) is 0 Å². The monoisotopic (exact) mass is 906 g/mol. The smallest absolute Gasteiger partial charge is 0.462 e. The molecule has 0 bridgehead atoms. The average molecular weight is 906 g/mol. The number of allylic oxidation sites excluding steroid dienone is 8. The van der Waals surface area contributed by atoms with E-state index < -0.39 is 82.0 Å². The Bertz CT molecular complexity index is 1500. The predicted octanol–water partition coefficient (Wildman–Crippen LogP) is 9.56. The minimum absolute atomic E-state index is 0.171. The minimum Gasteiger partial charge on any atom is -0.462 e. The zero-order valence-corrected chi connectivity index (χ0v) is 38.6. The highest BCUT2D eigenvalue weighted by molar-refractivity contribution is 7.47. The van der Waals surface area contributed by atoms with Crippen LogP contribution in [0.4, 0.5) is 0 Å². The first-order chi connectivity index (χ1) is 31.8. The Labute approximate surface area is 380 Å². The van der Waals surface area contributed by atoms with Crippen molar-refractivity contribution in [1.82, 2.24) is 0 Å². The fraction of sp³-hybridized carbons (Fsp3) is 0.792. The van der Waals surface area contributed by atoms with Gasteiger partial charge in [0.25, 0.3) is 0 Å². The molecule has 62 heavy (non-hydrogen) atoms. The predicted molar refractivity (Wildman–Crippen MR) is 244 cm³/mol. The zero-order chi connectivity index (χ0) is 50.2. The molecule has 0 aliphatic heterocycles. The summed E-state index contributed by atoms with van der Waals surface area (Å²) in [6, 6.07) is 0. The third kappa shape index (κ3) is 30.0. The van der Waals surface area contributed by atoms with Gasteiger partial charge in [-0.1, -0.05) is 165 Å². The molecule has 3 unspecified atom stereocenters. The van der Waals surface area contributed by atoms with Crippen LogP contribution in [0.25, 0.3) is 0 Å². The van der Waals surface area contributed by atoms with Gasteiger partial charge in [0.2, 0.25) is 0 Å². The van der Waals surface area contributed by atoms with Gasteiger partial charge in [0.05, 0.1) is 13.4 Å². The lowest BCUT2D eigenvalue weighted by molar-refractivity contribution is -0.220. The van der Waals surface area contributed by atoms with Gasteiger partial charge in [-0.2, -0.15) is 0 Å². The van der Waals surface area contributed by atoms with Crippen molar-refractivity contribution in [3.8, 4) is 0 Å². The number of phosphoric acid groups is 1. The van der Waals surface area contributed by atoms with Crippen molar-refractivity contribution in [3.05, 3.63) is 48.6 Å². The Morgan fingerprint density at radius 1 is 0.548 bits per heavy atom. The summed E-state index contributed by atoms with van der Waals surface area (Å²) in [7, 11) is -6.01. The van der Waals surface area contributed by atoms with Crippen LogP contribution in [-0.2, 0) is 32.7 Å². The van der Waals surface area contributed by atoms with Crippen molar-refractivity contribution in [2.45, 2.75) is 230 Å². The molecule has 1 aliphatic rings. The molecule has 1 fully saturated rings. The third-order valence-corrected chi connectivity index (χ3v) is 11.3. The van der Waals surface area contributed by atoms with Crippen LogP contribution in [-0.4, -0.2) is 98.2 Å². The first-order valence-electron chi connectivity index (χ1n) is 25.9. The molecule has 0 radical (unpaired) electrons. The molecule has 13 nitrogen and oxygen atoms in total. The molecule has 0 spiro atoms. The largest absolute Gasteiger partial charge is 0.472 e. The molecular formula is C48H85O13P. The second-order valence-electron chi connectivity index (χ2n) is 16.1. The second kappa shape index (κ2) is 38.1. The third-order valence-electron chi connectivity index (χ3n) is 10.5. The van der Waals surface area contributed by atoms with Crippen LogP contribution < -0.4 is 0 Å². The van der Waals surface area contributed by atoms with Gasteiger partial charge in [0, 0.05) is 12.8 Å². The van der Waals surface area contributed by atoms with E-state index in [0.29, 0.717) is 25.7 Å².